The quantitative estimate of drug-likeness (QED) is 0.493. The molecule has 2 aromatic carbocycles. The highest BCUT2D eigenvalue weighted by Gasteiger charge is 2.19. The molecule has 0 saturated carbocycles. The number of methoxy groups -OCH3 is 2. The molecule has 0 fully saturated rings. The van der Waals surface area contributed by atoms with Crippen LogP contribution in [0.4, 0.5) is 0 Å². The Labute approximate surface area is 191 Å². The fourth-order valence-corrected chi connectivity index (χ4v) is 5.23. The maximum absolute atomic E-state index is 12.7. The average molecular weight is 473 g/mol. The van der Waals surface area contributed by atoms with E-state index >= 15 is 0 Å². The third-order valence-electron chi connectivity index (χ3n) is 4.89. The molecule has 0 N–H and O–H groups in total. The van der Waals surface area contributed by atoms with Gasteiger partial charge in [-0.1, -0.05) is 29.4 Å². The minimum Gasteiger partial charge on any atom is -0.493 e. The topological polar surface area (TPSA) is 87.0 Å². The van der Waals surface area contributed by atoms with Crippen LogP contribution in [0.1, 0.15) is 19.4 Å². The van der Waals surface area contributed by atoms with Crippen molar-refractivity contribution in [3.05, 3.63) is 46.8 Å². The number of carbonyl (C=O) groups is 1. The van der Waals surface area contributed by atoms with E-state index in [-0.39, 0.29) is 23.8 Å². The molecule has 1 heterocycles. The van der Waals surface area contributed by atoms with Gasteiger partial charge in [-0.25, -0.2) is 8.42 Å². The fraction of sp³-hybridized carbons (Fsp3) is 0.304. The number of rotatable bonds is 7. The monoisotopic (exact) mass is 472 g/mol. The predicted molar refractivity (Wildman–Crippen MR) is 125 cm³/mol. The second-order valence-corrected chi connectivity index (χ2v) is 10.8. The molecule has 0 saturated heterocycles. The largest absolute Gasteiger partial charge is 0.493 e. The van der Waals surface area contributed by atoms with Crippen molar-refractivity contribution in [3.63, 3.8) is 0 Å². The van der Waals surface area contributed by atoms with E-state index in [1.54, 1.807) is 50.8 Å². The molecule has 3 rings (SSSR count). The zero-order valence-electron chi connectivity index (χ0n) is 18.3. The Balaban J connectivity index is 1.95. The van der Waals surface area contributed by atoms with E-state index in [9.17, 15) is 13.2 Å². The number of thiazole rings is 1. The molecule has 32 heavy (non-hydrogen) atoms. The molecule has 0 bridgehead atoms. The lowest BCUT2D eigenvalue weighted by Gasteiger charge is -2.08. The normalized spacial score (nSPS) is 12.2. The van der Waals surface area contributed by atoms with Crippen LogP contribution in [0.5, 0.6) is 11.5 Å². The highest BCUT2D eigenvalue weighted by Crippen LogP contribution is 2.33. The number of hydrogen-bond donors (Lipinski definition) is 0. The van der Waals surface area contributed by atoms with Crippen LogP contribution in [0.2, 0.25) is 0 Å². The van der Waals surface area contributed by atoms with Crippen molar-refractivity contribution in [3.8, 4) is 23.8 Å². The standard InChI is InChI=1S/C23H24N2O5S2/c1-6-11-25-18-13-19(29-4)20(30-5)14-21(18)31-23(25)24-22(26)12-16-7-9-17(10-8-16)32(27,28)15(2)3/h1,7-10,13-15H,11-12H2,2-5H3. The Morgan fingerprint density at radius 1 is 1.16 bits per heavy atom. The Morgan fingerprint density at radius 2 is 1.78 bits per heavy atom. The molecule has 0 unspecified atom stereocenters. The maximum atomic E-state index is 12.7. The van der Waals surface area contributed by atoms with Crippen LogP contribution in [-0.4, -0.2) is 38.4 Å². The number of terminal acetylenes is 1. The van der Waals surface area contributed by atoms with Gasteiger partial charge in [-0.3, -0.25) is 4.79 Å². The lowest BCUT2D eigenvalue weighted by atomic mass is 10.1. The summed E-state index contributed by atoms with van der Waals surface area (Å²) < 4.78 is 37.9. The third kappa shape index (κ3) is 4.71. The van der Waals surface area contributed by atoms with Crippen molar-refractivity contribution in [1.82, 2.24) is 4.57 Å². The smallest absolute Gasteiger partial charge is 0.252 e. The average Bonchev–Trinajstić information content (AvgIpc) is 3.08. The molecule has 7 nitrogen and oxygen atoms in total. The minimum atomic E-state index is -3.36. The molecule has 3 aromatic rings. The Hall–Kier alpha value is -3.09. The summed E-state index contributed by atoms with van der Waals surface area (Å²) in [6.45, 7) is 3.50. The predicted octanol–water partition coefficient (Wildman–Crippen LogP) is 3.21. The van der Waals surface area contributed by atoms with Gasteiger partial charge < -0.3 is 14.0 Å². The lowest BCUT2D eigenvalue weighted by Crippen LogP contribution is -2.17. The molecular formula is C23H24N2O5S2. The van der Waals surface area contributed by atoms with Gasteiger partial charge in [-0.15, -0.1) is 6.42 Å². The highest BCUT2D eigenvalue weighted by molar-refractivity contribution is 7.92. The zero-order chi connectivity index (χ0) is 23.5. The van der Waals surface area contributed by atoms with Gasteiger partial charge in [0.05, 0.1) is 47.5 Å². The Bertz CT molecular complexity index is 1360. The molecule has 0 aliphatic rings. The third-order valence-corrected chi connectivity index (χ3v) is 8.10. The number of hydrogen-bond acceptors (Lipinski definition) is 6. The van der Waals surface area contributed by atoms with Crippen molar-refractivity contribution in [2.75, 3.05) is 14.2 Å². The van der Waals surface area contributed by atoms with Crippen molar-refractivity contribution in [2.24, 2.45) is 4.99 Å². The first-order valence-electron chi connectivity index (χ1n) is 9.80. The summed E-state index contributed by atoms with van der Waals surface area (Å²) in [5.74, 6) is 3.36. The molecule has 0 aliphatic carbocycles. The molecule has 0 spiro atoms. The van der Waals surface area contributed by atoms with E-state index < -0.39 is 15.1 Å². The van der Waals surface area contributed by atoms with E-state index in [4.69, 9.17) is 15.9 Å². The molecule has 1 amide bonds. The van der Waals surface area contributed by atoms with Crippen molar-refractivity contribution < 1.29 is 22.7 Å². The SMILES string of the molecule is C#CCn1c(=NC(=O)Cc2ccc(S(=O)(=O)C(C)C)cc2)sc2cc(OC)c(OC)cc21. The molecule has 9 heteroatoms. The van der Waals surface area contributed by atoms with Crippen LogP contribution in [-0.2, 0) is 27.6 Å². The Kier molecular flexibility index (Phi) is 7.06. The summed E-state index contributed by atoms with van der Waals surface area (Å²) >= 11 is 1.33. The van der Waals surface area contributed by atoms with Gasteiger partial charge in [0.1, 0.15) is 0 Å². The summed E-state index contributed by atoms with van der Waals surface area (Å²) in [5.41, 5.74) is 1.47. The van der Waals surface area contributed by atoms with Gasteiger partial charge in [-0.05, 0) is 31.5 Å². The number of carbonyl (C=O) groups excluding carboxylic acids is 1. The second kappa shape index (κ2) is 9.59. The van der Waals surface area contributed by atoms with Crippen molar-refractivity contribution in [2.45, 2.75) is 37.0 Å². The van der Waals surface area contributed by atoms with E-state index in [1.807, 2.05) is 6.07 Å². The Morgan fingerprint density at radius 3 is 2.34 bits per heavy atom. The number of sulfone groups is 1. The summed E-state index contributed by atoms with van der Waals surface area (Å²) in [5, 5.41) is -0.512. The number of fused-ring (bicyclic) bond motifs is 1. The van der Waals surface area contributed by atoms with Crippen LogP contribution >= 0.6 is 11.3 Å². The molecule has 0 aliphatic heterocycles. The van der Waals surface area contributed by atoms with Gasteiger partial charge in [-0.2, -0.15) is 4.99 Å². The van der Waals surface area contributed by atoms with Crippen molar-refractivity contribution >= 4 is 37.3 Å². The van der Waals surface area contributed by atoms with Gasteiger partial charge in [0.2, 0.25) is 0 Å². The van der Waals surface area contributed by atoms with Crippen LogP contribution in [0.3, 0.4) is 0 Å². The number of amides is 1. The van der Waals surface area contributed by atoms with Gasteiger partial charge >= 0.3 is 0 Å². The maximum Gasteiger partial charge on any atom is 0.252 e. The first-order chi connectivity index (χ1) is 15.2. The summed E-state index contributed by atoms with van der Waals surface area (Å²) in [4.78, 5) is 17.6. The first kappa shape index (κ1) is 23.6. The molecule has 0 radical (unpaired) electrons. The van der Waals surface area contributed by atoms with Crippen LogP contribution in [0, 0.1) is 12.3 Å². The summed E-state index contributed by atoms with van der Waals surface area (Å²) in [7, 11) is -0.254. The molecule has 1 aromatic heterocycles. The van der Waals surface area contributed by atoms with Gasteiger partial charge in [0.15, 0.2) is 26.1 Å². The zero-order valence-corrected chi connectivity index (χ0v) is 19.9. The lowest BCUT2D eigenvalue weighted by molar-refractivity contribution is -0.117. The van der Waals surface area contributed by atoms with Crippen LogP contribution in [0.25, 0.3) is 10.2 Å². The number of aromatic nitrogens is 1. The fourth-order valence-electron chi connectivity index (χ4n) is 3.12. The molecular weight excluding hydrogens is 448 g/mol. The highest BCUT2D eigenvalue weighted by atomic mass is 32.2. The van der Waals surface area contributed by atoms with Gasteiger partial charge in [0, 0.05) is 12.1 Å². The van der Waals surface area contributed by atoms with E-state index in [2.05, 4.69) is 10.9 Å². The van der Waals surface area contributed by atoms with Gasteiger partial charge in [0.25, 0.3) is 5.91 Å². The number of benzene rings is 2. The van der Waals surface area contributed by atoms with Crippen molar-refractivity contribution in [1.29, 1.82) is 0 Å². The number of ether oxygens (including phenoxy) is 2. The van der Waals surface area contributed by atoms with E-state index in [0.29, 0.717) is 21.9 Å². The van der Waals surface area contributed by atoms with E-state index in [0.717, 1.165) is 10.2 Å². The second-order valence-electron chi connectivity index (χ2n) is 7.27. The summed E-state index contributed by atoms with van der Waals surface area (Å²) in [6.07, 6.45) is 5.57. The van der Waals surface area contributed by atoms with Crippen LogP contribution in [0.15, 0.2) is 46.3 Å². The minimum absolute atomic E-state index is 0.0406. The summed E-state index contributed by atoms with van der Waals surface area (Å²) in [6, 6.07) is 9.95. The van der Waals surface area contributed by atoms with Crippen LogP contribution < -0.4 is 14.3 Å². The number of nitrogens with zero attached hydrogens (tertiary/aromatic N) is 2. The molecule has 168 valence electrons. The van der Waals surface area contributed by atoms with E-state index in [1.165, 1.54) is 23.5 Å². The molecule has 0 atom stereocenters. The first-order valence-corrected chi connectivity index (χ1v) is 12.2.